The quantitative estimate of drug-likeness (QED) is 0.751. The van der Waals surface area contributed by atoms with Gasteiger partial charge in [0.1, 0.15) is 4.99 Å². The first-order valence-corrected chi connectivity index (χ1v) is 7.20. The third-order valence-electron chi connectivity index (χ3n) is 3.10. The number of anilines is 1. The summed E-state index contributed by atoms with van der Waals surface area (Å²) in [5.41, 5.74) is 7.09. The van der Waals surface area contributed by atoms with Crippen molar-refractivity contribution in [1.82, 2.24) is 0 Å². The summed E-state index contributed by atoms with van der Waals surface area (Å²) in [6.07, 6.45) is 3.84. The first kappa shape index (κ1) is 15.6. The number of thiocarbonyl (C=S) groups is 1. The summed E-state index contributed by atoms with van der Waals surface area (Å²) in [6, 6.07) is 7.39. The number of amides is 1. The Labute approximate surface area is 120 Å². The summed E-state index contributed by atoms with van der Waals surface area (Å²) >= 11 is 5.00. The number of rotatable bonds is 7. The molecule has 0 fully saturated rings. The van der Waals surface area contributed by atoms with Gasteiger partial charge in [-0.1, -0.05) is 51.0 Å². The lowest BCUT2D eigenvalue weighted by molar-refractivity contribution is -0.120. The van der Waals surface area contributed by atoms with Gasteiger partial charge in [0.05, 0.1) is 5.69 Å². The SMILES string of the molecule is CCCC(CCC)C(=O)Nc1ccccc1C(N)=S. The van der Waals surface area contributed by atoms with Crippen LogP contribution in [0.3, 0.4) is 0 Å². The second-order valence-electron chi connectivity index (χ2n) is 4.67. The third-order valence-corrected chi connectivity index (χ3v) is 3.32. The summed E-state index contributed by atoms with van der Waals surface area (Å²) in [7, 11) is 0. The van der Waals surface area contributed by atoms with Crippen LogP contribution in [0, 0.1) is 5.92 Å². The molecule has 0 spiro atoms. The van der Waals surface area contributed by atoms with Crippen molar-refractivity contribution in [2.75, 3.05) is 5.32 Å². The number of benzene rings is 1. The molecule has 0 atom stereocenters. The molecule has 1 aromatic rings. The van der Waals surface area contributed by atoms with Crippen LogP contribution in [0.2, 0.25) is 0 Å². The van der Waals surface area contributed by atoms with Crippen LogP contribution in [0.1, 0.15) is 45.1 Å². The van der Waals surface area contributed by atoms with Gasteiger partial charge in [-0.05, 0) is 25.0 Å². The number of carbonyl (C=O) groups is 1. The Morgan fingerprint density at radius 2 is 1.84 bits per heavy atom. The van der Waals surface area contributed by atoms with E-state index in [4.69, 9.17) is 18.0 Å². The number of nitrogens with one attached hydrogen (secondary N) is 1. The molecule has 4 heteroatoms. The molecule has 0 aromatic heterocycles. The normalized spacial score (nSPS) is 10.5. The molecule has 0 aliphatic heterocycles. The molecule has 104 valence electrons. The average Bonchev–Trinajstić information content (AvgIpc) is 2.38. The first-order chi connectivity index (χ1) is 9.10. The molecule has 3 N–H and O–H groups in total. The second-order valence-corrected chi connectivity index (χ2v) is 5.11. The van der Waals surface area contributed by atoms with E-state index in [2.05, 4.69) is 19.2 Å². The number of para-hydroxylation sites is 1. The maximum Gasteiger partial charge on any atom is 0.227 e. The number of nitrogens with two attached hydrogens (primary N) is 1. The zero-order valence-corrected chi connectivity index (χ0v) is 12.4. The van der Waals surface area contributed by atoms with Crippen molar-refractivity contribution >= 4 is 28.8 Å². The Morgan fingerprint density at radius 3 is 2.37 bits per heavy atom. The fraction of sp³-hybridized carbons (Fsp3) is 0.467. The van der Waals surface area contributed by atoms with Crippen LogP contribution >= 0.6 is 12.2 Å². The van der Waals surface area contributed by atoms with Gasteiger partial charge >= 0.3 is 0 Å². The highest BCUT2D eigenvalue weighted by Gasteiger charge is 2.17. The minimum absolute atomic E-state index is 0.0624. The maximum atomic E-state index is 12.3. The monoisotopic (exact) mass is 278 g/mol. The molecular formula is C15H22N2OS. The average molecular weight is 278 g/mol. The van der Waals surface area contributed by atoms with E-state index < -0.39 is 0 Å². The van der Waals surface area contributed by atoms with E-state index >= 15 is 0 Å². The highest BCUT2D eigenvalue weighted by Crippen LogP contribution is 2.19. The molecule has 3 nitrogen and oxygen atoms in total. The van der Waals surface area contributed by atoms with Gasteiger partial charge in [0, 0.05) is 11.5 Å². The molecule has 1 rings (SSSR count). The topological polar surface area (TPSA) is 55.1 Å². The number of carbonyl (C=O) groups excluding carboxylic acids is 1. The van der Waals surface area contributed by atoms with Crippen molar-refractivity contribution in [2.24, 2.45) is 11.7 Å². The lowest BCUT2D eigenvalue weighted by Crippen LogP contribution is -2.24. The minimum atomic E-state index is 0.0624. The highest BCUT2D eigenvalue weighted by atomic mass is 32.1. The Kier molecular flexibility index (Phi) is 6.50. The van der Waals surface area contributed by atoms with E-state index in [9.17, 15) is 4.79 Å². The Bertz CT molecular complexity index is 440. The van der Waals surface area contributed by atoms with Crippen molar-refractivity contribution < 1.29 is 4.79 Å². The van der Waals surface area contributed by atoms with Gasteiger partial charge in [0.2, 0.25) is 5.91 Å². The van der Waals surface area contributed by atoms with Crippen LogP contribution in [-0.4, -0.2) is 10.9 Å². The fourth-order valence-electron chi connectivity index (χ4n) is 2.15. The van der Waals surface area contributed by atoms with Crippen molar-refractivity contribution in [2.45, 2.75) is 39.5 Å². The van der Waals surface area contributed by atoms with Crippen LogP contribution in [0.4, 0.5) is 5.69 Å². The zero-order valence-electron chi connectivity index (χ0n) is 11.6. The molecule has 0 aliphatic rings. The molecule has 1 aromatic carbocycles. The van der Waals surface area contributed by atoms with Gasteiger partial charge in [-0.25, -0.2) is 0 Å². The molecule has 0 bridgehead atoms. The molecule has 19 heavy (non-hydrogen) atoms. The summed E-state index contributed by atoms with van der Waals surface area (Å²) in [4.78, 5) is 12.6. The summed E-state index contributed by atoms with van der Waals surface area (Å²) in [5.74, 6) is 0.127. The standard InChI is InChI=1S/C15H22N2OS/c1-3-7-11(8-4-2)15(18)17-13-10-6-5-9-12(13)14(16)19/h5-6,9-11H,3-4,7-8H2,1-2H3,(H2,16,19)(H,17,18). The van der Waals surface area contributed by atoms with Gasteiger partial charge in [-0.2, -0.15) is 0 Å². The largest absolute Gasteiger partial charge is 0.389 e. The predicted octanol–water partition coefficient (Wildman–Crippen LogP) is 3.48. The lowest BCUT2D eigenvalue weighted by atomic mass is 9.97. The van der Waals surface area contributed by atoms with Gasteiger partial charge in [0.25, 0.3) is 0 Å². The molecule has 0 unspecified atom stereocenters. The molecule has 0 heterocycles. The van der Waals surface area contributed by atoms with E-state index in [1.165, 1.54) is 0 Å². The van der Waals surface area contributed by atoms with Gasteiger partial charge < -0.3 is 11.1 Å². The van der Waals surface area contributed by atoms with Gasteiger partial charge in [-0.3, -0.25) is 4.79 Å². The third kappa shape index (κ3) is 4.63. The molecular weight excluding hydrogens is 256 g/mol. The summed E-state index contributed by atoms with van der Waals surface area (Å²) in [5, 5.41) is 2.96. The van der Waals surface area contributed by atoms with E-state index in [0.29, 0.717) is 10.7 Å². The van der Waals surface area contributed by atoms with E-state index in [-0.39, 0.29) is 11.8 Å². The van der Waals surface area contributed by atoms with Crippen LogP contribution in [-0.2, 0) is 4.79 Å². The Morgan fingerprint density at radius 1 is 1.26 bits per heavy atom. The van der Waals surface area contributed by atoms with Crippen LogP contribution in [0.15, 0.2) is 24.3 Å². The maximum absolute atomic E-state index is 12.3. The van der Waals surface area contributed by atoms with Crippen molar-refractivity contribution in [3.63, 3.8) is 0 Å². The van der Waals surface area contributed by atoms with Crippen molar-refractivity contribution in [3.8, 4) is 0 Å². The Hall–Kier alpha value is -1.42. The molecule has 0 saturated carbocycles. The van der Waals surface area contributed by atoms with Gasteiger partial charge in [-0.15, -0.1) is 0 Å². The van der Waals surface area contributed by atoms with Crippen LogP contribution in [0.25, 0.3) is 0 Å². The first-order valence-electron chi connectivity index (χ1n) is 6.79. The second kappa shape index (κ2) is 7.89. The highest BCUT2D eigenvalue weighted by molar-refractivity contribution is 7.80. The lowest BCUT2D eigenvalue weighted by Gasteiger charge is -2.16. The van der Waals surface area contributed by atoms with E-state index in [1.54, 1.807) is 0 Å². The zero-order chi connectivity index (χ0) is 14.3. The molecule has 1 amide bonds. The summed E-state index contributed by atoms with van der Waals surface area (Å²) < 4.78 is 0. The Balaban J connectivity index is 2.83. The number of hydrogen-bond donors (Lipinski definition) is 2. The van der Waals surface area contributed by atoms with E-state index in [0.717, 1.165) is 31.2 Å². The van der Waals surface area contributed by atoms with Crippen molar-refractivity contribution in [1.29, 1.82) is 0 Å². The molecule has 0 radical (unpaired) electrons. The number of hydrogen-bond acceptors (Lipinski definition) is 2. The van der Waals surface area contributed by atoms with E-state index in [1.807, 2.05) is 24.3 Å². The van der Waals surface area contributed by atoms with Crippen LogP contribution in [0.5, 0.6) is 0 Å². The molecule has 0 aliphatic carbocycles. The summed E-state index contributed by atoms with van der Waals surface area (Å²) in [6.45, 7) is 4.19. The fourth-order valence-corrected chi connectivity index (χ4v) is 2.32. The minimum Gasteiger partial charge on any atom is -0.389 e. The van der Waals surface area contributed by atoms with Crippen LogP contribution < -0.4 is 11.1 Å². The smallest absolute Gasteiger partial charge is 0.227 e. The molecule has 0 saturated heterocycles. The van der Waals surface area contributed by atoms with Crippen molar-refractivity contribution in [3.05, 3.63) is 29.8 Å². The predicted molar refractivity (Wildman–Crippen MR) is 84.3 cm³/mol. The van der Waals surface area contributed by atoms with Gasteiger partial charge in [0.15, 0.2) is 0 Å².